The minimum Gasteiger partial charge on any atom is -0.497 e. The number of methoxy groups -OCH3 is 1. The Labute approximate surface area is 88.8 Å². The van der Waals surface area contributed by atoms with Gasteiger partial charge in [-0.1, -0.05) is 12.1 Å². The van der Waals surface area contributed by atoms with Crippen LogP contribution in [-0.2, 0) is 0 Å². The van der Waals surface area contributed by atoms with Crippen molar-refractivity contribution in [1.29, 1.82) is 0 Å². The zero-order chi connectivity index (χ0) is 10.7. The van der Waals surface area contributed by atoms with E-state index >= 15 is 0 Å². The van der Waals surface area contributed by atoms with Crippen LogP contribution in [0.1, 0.15) is 5.69 Å². The first-order valence-electron chi connectivity index (χ1n) is 4.73. The van der Waals surface area contributed by atoms with Crippen molar-refractivity contribution in [3.63, 3.8) is 0 Å². The van der Waals surface area contributed by atoms with Gasteiger partial charge in [0.05, 0.1) is 7.11 Å². The molecule has 0 N–H and O–H groups in total. The molecule has 1 heterocycles. The average molecular weight is 200 g/mol. The standard InChI is InChI=1S/C12H12N2O/c1-9-6-7-13-12(14-9)10-4-3-5-11(8-10)15-2/h3-8H,1-2H3. The molecule has 0 aliphatic rings. The van der Waals surface area contributed by atoms with Gasteiger partial charge >= 0.3 is 0 Å². The first kappa shape index (κ1) is 9.65. The Morgan fingerprint density at radius 3 is 2.80 bits per heavy atom. The van der Waals surface area contributed by atoms with Crippen LogP contribution in [0.2, 0.25) is 0 Å². The molecule has 0 atom stereocenters. The predicted molar refractivity (Wildman–Crippen MR) is 58.8 cm³/mol. The summed E-state index contributed by atoms with van der Waals surface area (Å²) in [6.45, 7) is 1.95. The molecule has 0 bridgehead atoms. The number of aryl methyl sites for hydroxylation is 1. The van der Waals surface area contributed by atoms with Gasteiger partial charge in [-0.25, -0.2) is 9.97 Å². The van der Waals surface area contributed by atoms with E-state index in [1.54, 1.807) is 13.3 Å². The van der Waals surface area contributed by atoms with Crippen LogP contribution in [0, 0.1) is 6.92 Å². The van der Waals surface area contributed by atoms with E-state index in [9.17, 15) is 0 Å². The molecule has 0 amide bonds. The molecule has 0 saturated heterocycles. The molecule has 2 rings (SSSR count). The smallest absolute Gasteiger partial charge is 0.159 e. The molecule has 76 valence electrons. The van der Waals surface area contributed by atoms with Crippen molar-refractivity contribution in [3.8, 4) is 17.1 Å². The molecule has 1 aromatic heterocycles. The largest absolute Gasteiger partial charge is 0.497 e. The van der Waals surface area contributed by atoms with Crippen LogP contribution in [0.5, 0.6) is 5.75 Å². The van der Waals surface area contributed by atoms with Gasteiger partial charge in [-0.15, -0.1) is 0 Å². The second-order valence-corrected chi connectivity index (χ2v) is 3.25. The van der Waals surface area contributed by atoms with Gasteiger partial charge in [0.1, 0.15) is 5.75 Å². The molecule has 0 aliphatic heterocycles. The minimum absolute atomic E-state index is 0.730. The number of aromatic nitrogens is 2. The summed E-state index contributed by atoms with van der Waals surface area (Å²) in [6.07, 6.45) is 1.76. The topological polar surface area (TPSA) is 35.0 Å². The van der Waals surface area contributed by atoms with Crippen LogP contribution >= 0.6 is 0 Å². The fourth-order valence-corrected chi connectivity index (χ4v) is 1.35. The Hall–Kier alpha value is -1.90. The highest BCUT2D eigenvalue weighted by molar-refractivity contribution is 5.57. The zero-order valence-corrected chi connectivity index (χ0v) is 8.77. The van der Waals surface area contributed by atoms with Crippen LogP contribution in [0.4, 0.5) is 0 Å². The summed E-state index contributed by atoms with van der Waals surface area (Å²) in [5.41, 5.74) is 1.93. The third-order valence-corrected chi connectivity index (χ3v) is 2.12. The monoisotopic (exact) mass is 200 g/mol. The fourth-order valence-electron chi connectivity index (χ4n) is 1.35. The van der Waals surface area contributed by atoms with E-state index in [-0.39, 0.29) is 0 Å². The maximum absolute atomic E-state index is 5.15. The SMILES string of the molecule is COc1cccc(-c2nccc(C)n2)c1. The predicted octanol–water partition coefficient (Wildman–Crippen LogP) is 2.46. The molecule has 3 heteroatoms. The minimum atomic E-state index is 0.730. The lowest BCUT2D eigenvalue weighted by Gasteiger charge is -2.03. The summed E-state index contributed by atoms with van der Waals surface area (Å²) < 4.78 is 5.15. The van der Waals surface area contributed by atoms with Crippen molar-refractivity contribution in [2.24, 2.45) is 0 Å². The van der Waals surface area contributed by atoms with Gasteiger partial charge < -0.3 is 4.74 Å². The van der Waals surface area contributed by atoms with E-state index in [0.29, 0.717) is 0 Å². The molecule has 0 unspecified atom stereocenters. The van der Waals surface area contributed by atoms with Crippen LogP contribution in [0.3, 0.4) is 0 Å². The van der Waals surface area contributed by atoms with Gasteiger partial charge in [-0.3, -0.25) is 0 Å². The highest BCUT2D eigenvalue weighted by atomic mass is 16.5. The third-order valence-electron chi connectivity index (χ3n) is 2.12. The van der Waals surface area contributed by atoms with Gasteiger partial charge in [0, 0.05) is 17.5 Å². The molecule has 2 aromatic rings. The van der Waals surface area contributed by atoms with Gasteiger partial charge in [-0.05, 0) is 25.1 Å². The van der Waals surface area contributed by atoms with Crippen LogP contribution in [0.15, 0.2) is 36.5 Å². The van der Waals surface area contributed by atoms with E-state index < -0.39 is 0 Å². The van der Waals surface area contributed by atoms with Gasteiger partial charge in [-0.2, -0.15) is 0 Å². The lowest BCUT2D eigenvalue weighted by molar-refractivity contribution is 0.415. The number of nitrogens with zero attached hydrogens (tertiary/aromatic N) is 2. The molecule has 15 heavy (non-hydrogen) atoms. The molecular formula is C12H12N2O. The normalized spacial score (nSPS) is 10.0. The summed E-state index contributed by atoms with van der Waals surface area (Å²) in [5, 5.41) is 0. The molecule has 3 nitrogen and oxygen atoms in total. The van der Waals surface area contributed by atoms with E-state index in [2.05, 4.69) is 9.97 Å². The molecule has 0 fully saturated rings. The summed E-state index contributed by atoms with van der Waals surface area (Å²) in [4.78, 5) is 8.57. The third kappa shape index (κ3) is 2.13. The van der Waals surface area contributed by atoms with Gasteiger partial charge in [0.15, 0.2) is 5.82 Å². The highest BCUT2D eigenvalue weighted by Gasteiger charge is 2.01. The van der Waals surface area contributed by atoms with E-state index in [1.807, 2.05) is 37.3 Å². The Morgan fingerprint density at radius 2 is 2.07 bits per heavy atom. The van der Waals surface area contributed by atoms with Crippen molar-refractivity contribution >= 4 is 0 Å². The molecule has 0 saturated carbocycles. The first-order chi connectivity index (χ1) is 7.29. The molecule has 1 aromatic carbocycles. The Morgan fingerprint density at radius 1 is 1.20 bits per heavy atom. The lowest BCUT2D eigenvalue weighted by atomic mass is 10.2. The fraction of sp³-hybridized carbons (Fsp3) is 0.167. The Balaban J connectivity index is 2.44. The molecule has 0 aliphatic carbocycles. The Kier molecular flexibility index (Phi) is 2.63. The van der Waals surface area contributed by atoms with E-state index in [0.717, 1.165) is 22.8 Å². The number of rotatable bonds is 2. The quantitative estimate of drug-likeness (QED) is 0.747. The second-order valence-electron chi connectivity index (χ2n) is 3.25. The average Bonchev–Trinajstić information content (AvgIpc) is 2.29. The van der Waals surface area contributed by atoms with Crippen molar-refractivity contribution in [3.05, 3.63) is 42.2 Å². The van der Waals surface area contributed by atoms with Gasteiger partial charge in [0.25, 0.3) is 0 Å². The number of benzene rings is 1. The van der Waals surface area contributed by atoms with Crippen LogP contribution in [-0.4, -0.2) is 17.1 Å². The summed E-state index contributed by atoms with van der Waals surface area (Å²) in [7, 11) is 1.65. The van der Waals surface area contributed by atoms with Crippen LogP contribution in [0.25, 0.3) is 11.4 Å². The maximum atomic E-state index is 5.15. The van der Waals surface area contributed by atoms with Crippen molar-refractivity contribution in [2.75, 3.05) is 7.11 Å². The maximum Gasteiger partial charge on any atom is 0.159 e. The second kappa shape index (κ2) is 4.09. The zero-order valence-electron chi connectivity index (χ0n) is 8.77. The van der Waals surface area contributed by atoms with E-state index in [4.69, 9.17) is 4.74 Å². The van der Waals surface area contributed by atoms with Crippen LogP contribution < -0.4 is 4.74 Å². The van der Waals surface area contributed by atoms with E-state index in [1.165, 1.54) is 0 Å². The first-order valence-corrected chi connectivity index (χ1v) is 4.73. The van der Waals surface area contributed by atoms with Crippen molar-refractivity contribution < 1.29 is 4.74 Å². The summed E-state index contributed by atoms with van der Waals surface area (Å²) >= 11 is 0. The van der Waals surface area contributed by atoms with Crippen molar-refractivity contribution in [2.45, 2.75) is 6.92 Å². The van der Waals surface area contributed by atoms with Gasteiger partial charge in [0.2, 0.25) is 0 Å². The highest BCUT2D eigenvalue weighted by Crippen LogP contribution is 2.20. The number of ether oxygens (including phenoxy) is 1. The molecule has 0 spiro atoms. The summed E-state index contributed by atoms with van der Waals surface area (Å²) in [5.74, 6) is 1.55. The molecule has 0 radical (unpaired) electrons. The lowest BCUT2D eigenvalue weighted by Crippen LogP contribution is -1.91. The number of hydrogen-bond acceptors (Lipinski definition) is 3. The number of hydrogen-bond donors (Lipinski definition) is 0. The Bertz CT molecular complexity index is 469. The van der Waals surface area contributed by atoms with Crippen molar-refractivity contribution in [1.82, 2.24) is 9.97 Å². The summed E-state index contributed by atoms with van der Waals surface area (Å²) in [6, 6.07) is 9.61. The molecular weight excluding hydrogens is 188 g/mol.